The van der Waals surface area contributed by atoms with Crippen LogP contribution < -0.4 is 10.6 Å². The number of amides is 2. The van der Waals surface area contributed by atoms with E-state index in [1.165, 1.54) is 17.9 Å². The molecule has 2 aromatic rings. The molecule has 0 saturated heterocycles. The summed E-state index contributed by atoms with van der Waals surface area (Å²) in [6, 6.07) is 0. The van der Waals surface area contributed by atoms with Crippen LogP contribution in [-0.4, -0.2) is 37.9 Å². The highest BCUT2D eigenvalue weighted by atomic mass is 35.5. The lowest BCUT2D eigenvalue weighted by atomic mass is 10.3. The Kier molecular flexibility index (Phi) is 5.59. The maximum Gasteiger partial charge on any atom is 0.436 e. The number of rotatable bonds is 5. The minimum absolute atomic E-state index is 0.0388. The molecule has 2 N–H and O–H groups in total. The van der Waals surface area contributed by atoms with Crippen molar-refractivity contribution in [2.75, 3.05) is 11.9 Å². The molecule has 2 aromatic heterocycles. The van der Waals surface area contributed by atoms with Gasteiger partial charge in [0.15, 0.2) is 5.69 Å². The van der Waals surface area contributed by atoms with Crippen molar-refractivity contribution in [3.8, 4) is 0 Å². The molecule has 12 heteroatoms. The number of nitrogens with one attached hydrogen (secondary N) is 2. The third-order valence-corrected chi connectivity index (χ3v) is 3.77. The first-order valence-electron chi connectivity index (χ1n) is 7.49. The molecule has 0 radical (unpaired) electrons. The second-order valence-corrected chi connectivity index (χ2v) is 5.75. The van der Waals surface area contributed by atoms with Crippen LogP contribution >= 0.6 is 11.6 Å². The first kappa shape index (κ1) is 19.8. The Hall–Kier alpha value is -2.56. The zero-order valence-corrected chi connectivity index (χ0v) is 14.9. The van der Waals surface area contributed by atoms with Gasteiger partial charge in [0.2, 0.25) is 0 Å². The first-order chi connectivity index (χ1) is 12.1. The Labute approximate surface area is 151 Å². The third kappa shape index (κ3) is 3.82. The number of hydrogen-bond acceptors (Lipinski definition) is 4. The van der Waals surface area contributed by atoms with Crippen molar-refractivity contribution in [2.24, 2.45) is 14.1 Å². The predicted molar refractivity (Wildman–Crippen MR) is 87.0 cm³/mol. The smallest absolute Gasteiger partial charge is 0.351 e. The summed E-state index contributed by atoms with van der Waals surface area (Å²) >= 11 is 5.69. The van der Waals surface area contributed by atoms with E-state index in [9.17, 15) is 22.8 Å². The van der Waals surface area contributed by atoms with Gasteiger partial charge in [0.25, 0.3) is 11.8 Å². The van der Waals surface area contributed by atoms with Crippen LogP contribution in [0.5, 0.6) is 0 Å². The SMILES string of the molecule is CCCNC(=O)c1c(NC(=O)c2c(Cl)c(C(F)(F)F)nn2C)cnn1C. The minimum atomic E-state index is -4.80. The lowest BCUT2D eigenvalue weighted by molar-refractivity contribution is -0.141. The monoisotopic (exact) mass is 392 g/mol. The van der Waals surface area contributed by atoms with Gasteiger partial charge in [0.05, 0.1) is 11.9 Å². The van der Waals surface area contributed by atoms with Crippen LogP contribution in [0.2, 0.25) is 5.02 Å². The van der Waals surface area contributed by atoms with Crippen LogP contribution in [0.4, 0.5) is 18.9 Å². The number of aryl methyl sites for hydroxylation is 2. The highest BCUT2D eigenvalue weighted by Gasteiger charge is 2.39. The van der Waals surface area contributed by atoms with Crippen LogP contribution in [0.1, 0.15) is 40.0 Å². The molecule has 2 amide bonds. The summed E-state index contributed by atoms with van der Waals surface area (Å²) in [4.78, 5) is 24.6. The maximum atomic E-state index is 12.9. The first-order valence-corrected chi connectivity index (χ1v) is 7.86. The number of nitrogens with zero attached hydrogens (tertiary/aromatic N) is 4. The van der Waals surface area contributed by atoms with Gasteiger partial charge >= 0.3 is 6.18 Å². The number of halogens is 4. The van der Waals surface area contributed by atoms with Crippen molar-refractivity contribution in [1.82, 2.24) is 24.9 Å². The fraction of sp³-hybridized carbons (Fsp3) is 0.429. The molecular formula is C14H16ClF3N6O2. The molecule has 0 aliphatic carbocycles. The van der Waals surface area contributed by atoms with Gasteiger partial charge < -0.3 is 10.6 Å². The van der Waals surface area contributed by atoms with E-state index in [-0.39, 0.29) is 11.4 Å². The van der Waals surface area contributed by atoms with Crippen LogP contribution in [0.3, 0.4) is 0 Å². The van der Waals surface area contributed by atoms with E-state index in [2.05, 4.69) is 20.8 Å². The molecule has 0 unspecified atom stereocenters. The highest BCUT2D eigenvalue weighted by Crippen LogP contribution is 2.35. The summed E-state index contributed by atoms with van der Waals surface area (Å²) < 4.78 is 40.6. The summed E-state index contributed by atoms with van der Waals surface area (Å²) in [6.45, 7) is 2.29. The number of carbonyl (C=O) groups excluding carboxylic acids is 2. The number of alkyl halides is 3. The molecule has 0 aromatic carbocycles. The van der Waals surface area contributed by atoms with Crippen molar-refractivity contribution in [1.29, 1.82) is 0 Å². The number of carbonyl (C=O) groups is 2. The van der Waals surface area contributed by atoms with Crippen molar-refractivity contribution in [2.45, 2.75) is 19.5 Å². The zero-order valence-electron chi connectivity index (χ0n) is 14.1. The second-order valence-electron chi connectivity index (χ2n) is 5.37. The largest absolute Gasteiger partial charge is 0.436 e. The Morgan fingerprint density at radius 3 is 2.38 bits per heavy atom. The lowest BCUT2D eigenvalue weighted by Crippen LogP contribution is -2.28. The van der Waals surface area contributed by atoms with Crippen molar-refractivity contribution in [3.63, 3.8) is 0 Å². The van der Waals surface area contributed by atoms with E-state index < -0.39 is 34.4 Å². The van der Waals surface area contributed by atoms with Crippen LogP contribution in [0.15, 0.2) is 6.20 Å². The predicted octanol–water partition coefficient (Wildman–Crippen LogP) is 2.22. The molecule has 2 rings (SSSR count). The number of aromatic nitrogens is 4. The Balaban J connectivity index is 2.33. The van der Waals surface area contributed by atoms with Crippen molar-refractivity contribution in [3.05, 3.63) is 28.3 Å². The molecule has 26 heavy (non-hydrogen) atoms. The molecule has 0 fully saturated rings. The average Bonchev–Trinajstić information content (AvgIpc) is 3.04. The second kappa shape index (κ2) is 7.36. The molecule has 0 spiro atoms. The van der Waals surface area contributed by atoms with Gasteiger partial charge in [-0.15, -0.1) is 0 Å². The normalized spacial score (nSPS) is 11.5. The number of hydrogen-bond donors (Lipinski definition) is 2. The minimum Gasteiger partial charge on any atom is -0.351 e. The lowest BCUT2D eigenvalue weighted by Gasteiger charge is -2.08. The van der Waals surface area contributed by atoms with E-state index in [0.29, 0.717) is 13.0 Å². The van der Waals surface area contributed by atoms with E-state index in [1.54, 1.807) is 0 Å². The van der Waals surface area contributed by atoms with Crippen LogP contribution in [-0.2, 0) is 20.3 Å². The van der Waals surface area contributed by atoms with Crippen LogP contribution in [0, 0.1) is 0 Å². The quantitative estimate of drug-likeness (QED) is 0.815. The molecule has 0 aliphatic heterocycles. The van der Waals surface area contributed by atoms with Gasteiger partial charge in [-0.1, -0.05) is 18.5 Å². The summed E-state index contributed by atoms with van der Waals surface area (Å²) in [5, 5.41) is 11.3. The molecular weight excluding hydrogens is 377 g/mol. The summed E-state index contributed by atoms with van der Waals surface area (Å²) in [5.41, 5.74) is -1.75. The van der Waals surface area contributed by atoms with Gasteiger partial charge in [-0.05, 0) is 6.42 Å². The van der Waals surface area contributed by atoms with E-state index in [0.717, 1.165) is 11.7 Å². The Morgan fingerprint density at radius 2 is 1.85 bits per heavy atom. The molecule has 0 atom stereocenters. The van der Waals surface area contributed by atoms with E-state index in [1.807, 2.05) is 6.92 Å². The molecule has 0 aliphatic rings. The van der Waals surface area contributed by atoms with Crippen molar-refractivity contribution >= 4 is 29.1 Å². The highest BCUT2D eigenvalue weighted by molar-refractivity contribution is 6.35. The third-order valence-electron chi connectivity index (χ3n) is 3.41. The van der Waals surface area contributed by atoms with E-state index >= 15 is 0 Å². The van der Waals surface area contributed by atoms with Gasteiger partial charge in [0.1, 0.15) is 16.4 Å². The molecule has 2 heterocycles. The van der Waals surface area contributed by atoms with Gasteiger partial charge in [-0.25, -0.2) is 0 Å². The fourth-order valence-electron chi connectivity index (χ4n) is 2.23. The molecule has 142 valence electrons. The topological polar surface area (TPSA) is 93.8 Å². The van der Waals surface area contributed by atoms with Crippen LogP contribution in [0.25, 0.3) is 0 Å². The molecule has 8 nitrogen and oxygen atoms in total. The standard InChI is InChI=1S/C14H16ClF3N6O2/c1-4-5-19-12(25)9-7(6-20-23(9)2)21-13(26)10-8(15)11(14(16,17)18)22-24(10)3/h6H,4-5H2,1-3H3,(H,19,25)(H,21,26). The van der Waals surface area contributed by atoms with E-state index in [4.69, 9.17) is 11.6 Å². The summed E-state index contributed by atoms with van der Waals surface area (Å²) in [7, 11) is 2.66. The molecule has 0 bridgehead atoms. The van der Waals surface area contributed by atoms with Gasteiger partial charge in [-0.2, -0.15) is 23.4 Å². The van der Waals surface area contributed by atoms with Gasteiger partial charge in [0, 0.05) is 20.6 Å². The molecule has 0 saturated carbocycles. The zero-order chi connectivity index (χ0) is 19.6. The van der Waals surface area contributed by atoms with Crippen molar-refractivity contribution < 1.29 is 22.8 Å². The van der Waals surface area contributed by atoms with Gasteiger partial charge in [-0.3, -0.25) is 19.0 Å². The average molecular weight is 393 g/mol. The Morgan fingerprint density at radius 1 is 1.19 bits per heavy atom. The fourth-order valence-corrected chi connectivity index (χ4v) is 2.58. The maximum absolute atomic E-state index is 12.9. The number of anilines is 1. The Bertz CT molecular complexity index is 843. The summed E-state index contributed by atoms with van der Waals surface area (Å²) in [5.74, 6) is -1.42. The summed E-state index contributed by atoms with van der Waals surface area (Å²) in [6.07, 6.45) is -2.88.